The molecule has 4 amide bonds. The molecule has 3 N–H and O–H groups in total. The van der Waals surface area contributed by atoms with Gasteiger partial charge in [0.25, 0.3) is 5.91 Å². The van der Waals surface area contributed by atoms with Gasteiger partial charge in [0.15, 0.2) is 0 Å². The Hall–Kier alpha value is -4.18. The average molecular weight is 731 g/mol. The van der Waals surface area contributed by atoms with Crippen LogP contribution < -0.4 is 16.0 Å². The molecule has 2 aliphatic carbocycles. The number of amides is 4. The van der Waals surface area contributed by atoms with Crippen molar-refractivity contribution in [1.29, 1.82) is 0 Å². The first-order valence-electron chi connectivity index (χ1n) is 17.1. The van der Waals surface area contributed by atoms with Crippen LogP contribution in [-0.2, 0) is 26.3 Å². The summed E-state index contributed by atoms with van der Waals surface area (Å²) >= 11 is 0. The maximum absolute atomic E-state index is 15.8. The number of hydrogen-bond acceptors (Lipinski definition) is 5. The first-order chi connectivity index (χ1) is 24.1. The lowest BCUT2D eigenvalue weighted by Crippen LogP contribution is -2.56. The molecule has 3 aliphatic rings. The van der Waals surface area contributed by atoms with Crippen LogP contribution in [0.1, 0.15) is 80.8 Å². The van der Waals surface area contributed by atoms with E-state index >= 15 is 4.39 Å². The first-order valence-corrected chi connectivity index (χ1v) is 17.1. The minimum atomic E-state index is -4.38. The number of halogens is 7. The van der Waals surface area contributed by atoms with Crippen molar-refractivity contribution in [3.05, 3.63) is 47.5 Å². The molecule has 1 saturated heterocycles. The number of aryl methyl sites for hydroxylation is 1. The number of hydrogen-bond donors (Lipinski definition) is 3. The highest BCUT2D eigenvalue weighted by Gasteiger charge is 2.56. The Morgan fingerprint density at radius 3 is 2.31 bits per heavy atom. The number of piperidine rings is 1. The van der Waals surface area contributed by atoms with Gasteiger partial charge < -0.3 is 20.9 Å². The Morgan fingerprint density at radius 2 is 1.73 bits per heavy atom. The molecule has 0 radical (unpaired) electrons. The molecule has 2 heterocycles. The van der Waals surface area contributed by atoms with Crippen molar-refractivity contribution in [2.75, 3.05) is 25.1 Å². The van der Waals surface area contributed by atoms with Gasteiger partial charge >= 0.3 is 6.18 Å². The van der Waals surface area contributed by atoms with Gasteiger partial charge in [0.2, 0.25) is 23.6 Å². The third kappa shape index (κ3) is 8.66. The normalized spacial score (nSPS) is 21.3. The van der Waals surface area contributed by atoms with Gasteiger partial charge in [0.05, 0.1) is 18.2 Å². The van der Waals surface area contributed by atoms with Crippen LogP contribution in [0.2, 0.25) is 0 Å². The number of nitrogens with zero attached hydrogens (tertiary/aromatic N) is 3. The predicted octanol–water partition coefficient (Wildman–Crippen LogP) is 5.28. The molecule has 5 rings (SSSR count). The van der Waals surface area contributed by atoms with E-state index in [1.54, 1.807) is 6.92 Å². The molecule has 1 aliphatic heterocycles. The molecule has 2 aromatic rings. The van der Waals surface area contributed by atoms with E-state index in [1.165, 1.54) is 29.3 Å². The van der Waals surface area contributed by atoms with Crippen molar-refractivity contribution in [3.63, 3.8) is 0 Å². The van der Waals surface area contributed by atoms with E-state index in [-0.39, 0.29) is 69.5 Å². The Bertz CT molecular complexity index is 1600. The minimum Gasteiger partial charge on any atom is -0.343 e. The Kier molecular flexibility index (Phi) is 11.3. The van der Waals surface area contributed by atoms with Gasteiger partial charge in [-0.05, 0) is 68.2 Å². The highest BCUT2D eigenvalue weighted by Crippen LogP contribution is 2.52. The highest BCUT2D eigenvalue weighted by atomic mass is 19.4. The lowest BCUT2D eigenvalue weighted by atomic mass is 9.81. The predicted molar refractivity (Wildman–Crippen MR) is 170 cm³/mol. The summed E-state index contributed by atoms with van der Waals surface area (Å²) in [4.78, 5) is 54.3. The lowest BCUT2D eigenvalue weighted by molar-refractivity contribution is -0.186. The number of likely N-dealkylation sites (tertiary alicyclic amines) is 1. The zero-order valence-corrected chi connectivity index (χ0v) is 28.0. The monoisotopic (exact) mass is 730 g/mol. The van der Waals surface area contributed by atoms with Gasteiger partial charge in [-0.1, -0.05) is 13.0 Å². The fourth-order valence-electron chi connectivity index (χ4n) is 7.22. The average Bonchev–Trinajstić information content (AvgIpc) is 3.76. The molecule has 280 valence electrons. The summed E-state index contributed by atoms with van der Waals surface area (Å²) in [6.07, 6.45) is -3.77. The zero-order chi connectivity index (χ0) is 37.1. The second kappa shape index (κ2) is 15.2. The minimum absolute atomic E-state index is 0.0260. The summed E-state index contributed by atoms with van der Waals surface area (Å²) in [6.45, 7) is 0.181. The number of aromatic nitrogens is 2. The Morgan fingerprint density at radius 1 is 1.02 bits per heavy atom. The van der Waals surface area contributed by atoms with E-state index in [1.807, 2.05) is 0 Å². The van der Waals surface area contributed by atoms with Crippen LogP contribution >= 0.6 is 0 Å². The maximum Gasteiger partial charge on any atom is 0.391 e. The summed E-state index contributed by atoms with van der Waals surface area (Å²) in [5.74, 6) is -9.43. The quantitative estimate of drug-likeness (QED) is 0.257. The molecule has 1 aromatic heterocycles. The molecule has 2 saturated carbocycles. The van der Waals surface area contributed by atoms with Gasteiger partial charge in [-0.15, -0.1) is 0 Å². The summed E-state index contributed by atoms with van der Waals surface area (Å²) in [6, 6.07) is 2.37. The SMILES string of the molecule is CCC(=O)N[C@@H](C(=O)N1CCC(C(F)(F)F)CC1)C1(c2ccc(NC(=O)[C@@H](NC(=O)c3ccnn3CCF)[C@H]3CCCC(F)(F)C3)c(F)c2)CC1. The largest absolute Gasteiger partial charge is 0.391 e. The van der Waals surface area contributed by atoms with Crippen molar-refractivity contribution in [2.24, 2.45) is 11.8 Å². The summed E-state index contributed by atoms with van der Waals surface area (Å²) < 4.78 is 98.5. The molecule has 51 heavy (non-hydrogen) atoms. The van der Waals surface area contributed by atoms with Crippen molar-refractivity contribution in [3.8, 4) is 0 Å². The number of anilines is 1. The number of nitrogens with one attached hydrogen (secondary N) is 3. The van der Waals surface area contributed by atoms with Gasteiger partial charge in [0.1, 0.15) is 30.3 Å². The number of carbonyl (C=O) groups is 4. The molecule has 10 nitrogen and oxygen atoms in total. The molecule has 0 spiro atoms. The van der Waals surface area contributed by atoms with Crippen LogP contribution in [0.3, 0.4) is 0 Å². The van der Waals surface area contributed by atoms with Crippen molar-refractivity contribution < 1.29 is 49.9 Å². The zero-order valence-electron chi connectivity index (χ0n) is 28.0. The van der Waals surface area contributed by atoms with Crippen LogP contribution in [0, 0.1) is 17.7 Å². The summed E-state index contributed by atoms with van der Waals surface area (Å²) in [7, 11) is 0. The molecular weight excluding hydrogens is 689 g/mol. The van der Waals surface area contributed by atoms with Crippen molar-refractivity contribution in [1.82, 2.24) is 25.3 Å². The number of rotatable bonds is 12. The molecule has 0 unspecified atom stereocenters. The van der Waals surface area contributed by atoms with E-state index in [4.69, 9.17) is 0 Å². The van der Waals surface area contributed by atoms with Crippen LogP contribution in [-0.4, -0.2) is 82.3 Å². The van der Waals surface area contributed by atoms with Gasteiger partial charge in [0, 0.05) is 44.0 Å². The maximum atomic E-state index is 15.8. The summed E-state index contributed by atoms with van der Waals surface area (Å²) in [5.41, 5.74) is -1.17. The fraction of sp³-hybridized carbons (Fsp3) is 0.618. The van der Waals surface area contributed by atoms with Crippen LogP contribution in [0.25, 0.3) is 0 Å². The van der Waals surface area contributed by atoms with Gasteiger partial charge in [-0.3, -0.25) is 23.9 Å². The third-order valence-corrected chi connectivity index (χ3v) is 10.3. The van der Waals surface area contributed by atoms with E-state index in [0.717, 1.165) is 10.7 Å². The van der Waals surface area contributed by atoms with Gasteiger partial charge in [-0.25, -0.2) is 17.6 Å². The topological polar surface area (TPSA) is 125 Å². The molecular formula is C34H41F7N6O4. The van der Waals surface area contributed by atoms with Crippen LogP contribution in [0.4, 0.5) is 36.4 Å². The third-order valence-electron chi connectivity index (χ3n) is 10.3. The number of alkyl halides is 6. The standard InChI is InChI=1S/C34H41F7N6O4/c1-2-26(48)44-28(31(51)46-15-8-21(9-16-46)34(39,40)41)32(11-12-32)22-5-6-24(23(36)18-22)43-30(50)27(20-4-3-10-33(37,38)19-20)45-29(49)25-7-14-42-47(25)17-13-35/h5-7,14,18,20-21,27-28H,2-4,8-13,15-17,19H2,1H3,(H,43,50)(H,44,48)(H,45,49)/t20-,27-,28-/m0/s1. The molecule has 3 fully saturated rings. The Balaban J connectivity index is 1.36. The molecule has 0 bridgehead atoms. The smallest absolute Gasteiger partial charge is 0.343 e. The lowest BCUT2D eigenvalue weighted by Gasteiger charge is -2.37. The molecule has 3 atom stereocenters. The van der Waals surface area contributed by atoms with Gasteiger partial charge in [-0.2, -0.15) is 18.3 Å². The highest BCUT2D eigenvalue weighted by molar-refractivity contribution is 6.01. The van der Waals surface area contributed by atoms with E-state index in [9.17, 15) is 45.5 Å². The fourth-order valence-corrected chi connectivity index (χ4v) is 7.22. The Labute approximate surface area is 289 Å². The van der Waals surface area contributed by atoms with Crippen LogP contribution in [0.15, 0.2) is 30.5 Å². The van der Waals surface area contributed by atoms with Crippen molar-refractivity contribution >= 4 is 29.3 Å². The number of carbonyl (C=O) groups excluding carboxylic acids is 4. The molecule has 17 heteroatoms. The number of benzene rings is 1. The second-order valence-electron chi connectivity index (χ2n) is 13.6. The van der Waals surface area contributed by atoms with E-state index < -0.39 is 84.0 Å². The first kappa shape index (κ1) is 38.1. The summed E-state index contributed by atoms with van der Waals surface area (Å²) in [5, 5.41) is 11.4. The van der Waals surface area contributed by atoms with Crippen molar-refractivity contribution in [2.45, 2.75) is 101 Å². The molecule has 1 aromatic carbocycles. The van der Waals surface area contributed by atoms with Crippen LogP contribution in [0.5, 0.6) is 0 Å². The second-order valence-corrected chi connectivity index (χ2v) is 13.6. The van der Waals surface area contributed by atoms with E-state index in [2.05, 4.69) is 21.0 Å². The van der Waals surface area contributed by atoms with E-state index in [0.29, 0.717) is 18.4 Å².